The molecule has 0 saturated heterocycles. The number of hydrogen-bond donors (Lipinski definition) is 1. The van der Waals surface area contributed by atoms with Crippen LogP contribution in [0.15, 0.2) is 60.2 Å². The molecule has 0 unspecified atom stereocenters. The monoisotopic (exact) mass is 441 g/mol. The van der Waals surface area contributed by atoms with Gasteiger partial charge in [0, 0.05) is 23.2 Å². The third-order valence-corrected chi connectivity index (χ3v) is 6.48. The summed E-state index contributed by atoms with van der Waals surface area (Å²) in [6.07, 6.45) is 2.29. The first-order chi connectivity index (χ1) is 16.0. The molecule has 0 bridgehead atoms. The Morgan fingerprint density at radius 3 is 2.64 bits per heavy atom. The Morgan fingerprint density at radius 2 is 1.85 bits per heavy atom. The van der Waals surface area contributed by atoms with Crippen LogP contribution in [0, 0.1) is 5.92 Å². The lowest BCUT2D eigenvalue weighted by Crippen LogP contribution is -2.27. The Morgan fingerprint density at radius 1 is 1.03 bits per heavy atom. The van der Waals surface area contributed by atoms with Crippen LogP contribution in [0.4, 0.5) is 5.69 Å². The van der Waals surface area contributed by atoms with Crippen molar-refractivity contribution in [1.82, 2.24) is 0 Å². The summed E-state index contributed by atoms with van der Waals surface area (Å²) in [4.78, 5) is 25.3. The van der Waals surface area contributed by atoms with Crippen LogP contribution >= 0.6 is 0 Å². The van der Waals surface area contributed by atoms with Gasteiger partial charge in [0.25, 0.3) is 0 Å². The minimum absolute atomic E-state index is 0.182. The van der Waals surface area contributed by atoms with Crippen molar-refractivity contribution >= 4 is 33.8 Å². The number of ketones is 1. The smallest absolute Gasteiger partial charge is 0.313 e. The molecule has 0 aromatic heterocycles. The average Bonchev–Trinajstić information content (AvgIpc) is 2.83. The topological polar surface area (TPSA) is 64.6 Å². The molecule has 3 aromatic rings. The number of nitrogens with one attached hydrogen (secondary N) is 1. The first kappa shape index (κ1) is 21.3. The Bertz CT molecular complexity index is 1300. The third-order valence-electron chi connectivity index (χ3n) is 6.48. The number of methoxy groups -OCH3 is 1. The van der Waals surface area contributed by atoms with Crippen molar-refractivity contribution < 1.29 is 19.1 Å². The Balaban J connectivity index is 1.63. The SMILES string of the molecule is COc1cc([C@H]2Nc3ccc4ccccc4c3C3=C2C(=O)CCC3)ccc1OC(=O)C(C)C. The summed E-state index contributed by atoms with van der Waals surface area (Å²) in [6.45, 7) is 3.58. The summed E-state index contributed by atoms with van der Waals surface area (Å²) >= 11 is 0. The highest BCUT2D eigenvalue weighted by molar-refractivity contribution is 6.12. The zero-order valence-corrected chi connectivity index (χ0v) is 19.1. The van der Waals surface area contributed by atoms with Crippen LogP contribution in [0.1, 0.15) is 50.3 Å². The van der Waals surface area contributed by atoms with E-state index in [1.54, 1.807) is 27.0 Å². The van der Waals surface area contributed by atoms with E-state index in [2.05, 4.69) is 29.6 Å². The number of Topliss-reactive ketones (excluding diaryl/α,β-unsaturated/α-hetero) is 1. The van der Waals surface area contributed by atoms with Gasteiger partial charge in [-0.1, -0.05) is 50.2 Å². The van der Waals surface area contributed by atoms with E-state index in [0.29, 0.717) is 17.9 Å². The van der Waals surface area contributed by atoms with Crippen molar-refractivity contribution in [2.45, 2.75) is 39.2 Å². The van der Waals surface area contributed by atoms with Crippen molar-refractivity contribution in [2.24, 2.45) is 5.92 Å². The third kappa shape index (κ3) is 3.67. The molecule has 5 rings (SSSR count). The van der Waals surface area contributed by atoms with Crippen molar-refractivity contribution in [1.29, 1.82) is 0 Å². The number of esters is 1. The number of rotatable bonds is 4. The first-order valence-electron chi connectivity index (χ1n) is 11.4. The van der Waals surface area contributed by atoms with Gasteiger partial charge >= 0.3 is 5.97 Å². The van der Waals surface area contributed by atoms with Gasteiger partial charge in [0.1, 0.15) is 0 Å². The number of benzene rings is 3. The molecule has 168 valence electrons. The van der Waals surface area contributed by atoms with Gasteiger partial charge < -0.3 is 14.8 Å². The fourth-order valence-corrected chi connectivity index (χ4v) is 4.83. The number of hydrogen-bond acceptors (Lipinski definition) is 5. The molecule has 33 heavy (non-hydrogen) atoms. The van der Waals surface area contributed by atoms with Gasteiger partial charge in [0.05, 0.1) is 19.1 Å². The van der Waals surface area contributed by atoms with Gasteiger partial charge in [-0.05, 0) is 52.9 Å². The second-order valence-corrected chi connectivity index (χ2v) is 8.94. The number of carbonyl (C=O) groups is 2. The van der Waals surface area contributed by atoms with E-state index >= 15 is 0 Å². The van der Waals surface area contributed by atoms with Crippen molar-refractivity contribution in [3.05, 3.63) is 71.3 Å². The Kier molecular flexibility index (Phi) is 5.41. The number of allylic oxidation sites excluding steroid dienone is 1. The molecule has 1 aliphatic carbocycles. The van der Waals surface area contributed by atoms with Crippen molar-refractivity contribution in [3.63, 3.8) is 0 Å². The Hall–Kier alpha value is -3.60. The molecule has 1 atom stereocenters. The lowest BCUT2D eigenvalue weighted by molar-refractivity contribution is -0.137. The first-order valence-corrected chi connectivity index (χ1v) is 11.4. The maximum Gasteiger partial charge on any atom is 0.313 e. The molecule has 0 fully saturated rings. The van der Waals surface area contributed by atoms with Gasteiger partial charge in [-0.3, -0.25) is 9.59 Å². The second kappa shape index (κ2) is 8.39. The van der Waals surface area contributed by atoms with Crippen LogP contribution in [0.5, 0.6) is 11.5 Å². The number of anilines is 1. The van der Waals surface area contributed by atoms with Crippen LogP contribution in [0.3, 0.4) is 0 Å². The predicted molar refractivity (Wildman–Crippen MR) is 130 cm³/mol. The molecule has 0 spiro atoms. The van der Waals surface area contributed by atoms with Gasteiger partial charge in [-0.15, -0.1) is 0 Å². The quantitative estimate of drug-likeness (QED) is 0.392. The molecule has 2 aliphatic rings. The largest absolute Gasteiger partial charge is 0.493 e. The van der Waals surface area contributed by atoms with Crippen LogP contribution in [0.25, 0.3) is 16.3 Å². The summed E-state index contributed by atoms with van der Waals surface area (Å²) in [5, 5.41) is 5.95. The van der Waals surface area contributed by atoms with E-state index in [9.17, 15) is 9.59 Å². The molecular formula is C28H27NO4. The zero-order chi connectivity index (χ0) is 23.1. The normalized spacial score (nSPS) is 17.5. The summed E-state index contributed by atoms with van der Waals surface area (Å²) in [5.41, 5.74) is 5.04. The van der Waals surface area contributed by atoms with Crippen molar-refractivity contribution in [3.8, 4) is 11.5 Å². The second-order valence-electron chi connectivity index (χ2n) is 8.94. The lowest BCUT2D eigenvalue weighted by atomic mass is 9.77. The summed E-state index contributed by atoms with van der Waals surface area (Å²) in [6, 6.07) is 17.8. The van der Waals surface area contributed by atoms with Crippen LogP contribution in [0.2, 0.25) is 0 Å². The fraction of sp³-hybridized carbons (Fsp3) is 0.286. The highest BCUT2D eigenvalue weighted by Gasteiger charge is 2.35. The molecule has 5 heteroatoms. The molecule has 1 heterocycles. The molecule has 5 nitrogen and oxygen atoms in total. The number of carbonyl (C=O) groups excluding carboxylic acids is 2. The lowest BCUT2D eigenvalue weighted by Gasteiger charge is -2.35. The molecule has 0 amide bonds. The minimum Gasteiger partial charge on any atom is -0.493 e. The van der Waals surface area contributed by atoms with E-state index < -0.39 is 0 Å². The molecule has 1 N–H and O–H groups in total. The van der Waals surface area contributed by atoms with Crippen LogP contribution in [-0.4, -0.2) is 18.9 Å². The number of fused-ring (bicyclic) bond motifs is 4. The van der Waals surface area contributed by atoms with E-state index in [1.807, 2.05) is 24.3 Å². The van der Waals surface area contributed by atoms with E-state index in [1.165, 1.54) is 5.39 Å². The standard InChI is InChI=1S/C28H27NO4/c1-16(2)28(31)33-23-14-12-18(15-24(23)32-3)27-26-20(9-6-10-22(26)30)25-19-8-5-4-7-17(19)11-13-21(25)29-27/h4-5,7-8,11-16,27,29H,6,9-10H2,1-3H3/t27-/m1/s1. The maximum atomic E-state index is 13.2. The van der Waals surface area contributed by atoms with E-state index in [0.717, 1.165) is 46.2 Å². The summed E-state index contributed by atoms with van der Waals surface area (Å²) in [7, 11) is 1.55. The highest BCUT2D eigenvalue weighted by Crippen LogP contribution is 2.48. The number of ether oxygens (including phenoxy) is 2. The summed E-state index contributed by atoms with van der Waals surface area (Å²) < 4.78 is 11.1. The van der Waals surface area contributed by atoms with Crippen LogP contribution < -0.4 is 14.8 Å². The zero-order valence-electron chi connectivity index (χ0n) is 19.1. The molecule has 3 aromatic carbocycles. The fourth-order valence-electron chi connectivity index (χ4n) is 4.83. The van der Waals surface area contributed by atoms with Gasteiger partial charge in [-0.25, -0.2) is 0 Å². The van der Waals surface area contributed by atoms with E-state index in [-0.39, 0.29) is 23.7 Å². The van der Waals surface area contributed by atoms with Gasteiger partial charge in [0.15, 0.2) is 17.3 Å². The molecule has 0 saturated carbocycles. The minimum atomic E-state index is -0.315. The van der Waals surface area contributed by atoms with Gasteiger partial charge in [-0.2, -0.15) is 0 Å². The average molecular weight is 442 g/mol. The molecule has 1 aliphatic heterocycles. The highest BCUT2D eigenvalue weighted by atomic mass is 16.6. The van der Waals surface area contributed by atoms with Gasteiger partial charge in [0.2, 0.25) is 0 Å². The van der Waals surface area contributed by atoms with Crippen LogP contribution in [-0.2, 0) is 9.59 Å². The van der Waals surface area contributed by atoms with Crippen molar-refractivity contribution in [2.75, 3.05) is 12.4 Å². The van der Waals surface area contributed by atoms with E-state index in [4.69, 9.17) is 9.47 Å². The predicted octanol–water partition coefficient (Wildman–Crippen LogP) is 6.08. The molecular weight excluding hydrogens is 414 g/mol. The summed E-state index contributed by atoms with van der Waals surface area (Å²) in [5.74, 6) is 0.476. The molecule has 0 radical (unpaired) electrons. The maximum absolute atomic E-state index is 13.2. The Labute approximate surface area is 193 Å².